The molecule has 0 saturated carbocycles. The molecule has 0 aromatic heterocycles. The summed E-state index contributed by atoms with van der Waals surface area (Å²) in [5.41, 5.74) is 21.7. The van der Waals surface area contributed by atoms with Gasteiger partial charge in [0.05, 0.1) is 0 Å². The van der Waals surface area contributed by atoms with Crippen molar-refractivity contribution < 1.29 is 14.6 Å². The topological polar surface area (TPSA) is 121 Å². The fraction of sp³-hybridized carbons (Fsp3) is 0.0294. The van der Waals surface area contributed by atoms with Crippen LogP contribution in [-0.2, 0) is 4.79 Å². The number of phenols is 1. The predicted octanol–water partition coefficient (Wildman–Crippen LogP) is 9.15. The van der Waals surface area contributed by atoms with E-state index >= 15 is 0 Å². The molecule has 0 radical (unpaired) electrons. The van der Waals surface area contributed by atoms with Gasteiger partial charge in [0.15, 0.2) is 0 Å². The molecule has 41 heavy (non-hydrogen) atoms. The minimum Gasteiger partial charge on any atom is -0.507 e. The van der Waals surface area contributed by atoms with Gasteiger partial charge in [0.1, 0.15) is 11.5 Å². The zero-order chi connectivity index (χ0) is 28.5. The summed E-state index contributed by atoms with van der Waals surface area (Å²) in [5.74, 6) is -0.00266. The average Bonchev–Trinajstić information content (AvgIpc) is 2.98. The number of azide groups is 1. The molecule has 0 heterocycles. The second kappa shape index (κ2) is 10.4. The minimum atomic E-state index is -0.435. The van der Waals surface area contributed by atoms with E-state index in [-0.39, 0.29) is 5.75 Å². The highest BCUT2D eigenvalue weighted by molar-refractivity contribution is 6.08. The zero-order valence-electron chi connectivity index (χ0n) is 22.1. The predicted molar refractivity (Wildman–Crippen MR) is 164 cm³/mol. The van der Waals surface area contributed by atoms with Crippen LogP contribution in [0.4, 0.5) is 11.4 Å². The molecule has 198 valence electrons. The molecule has 6 aromatic rings. The molecule has 0 fully saturated rings. The number of carbonyl (C=O) groups is 1. The largest absolute Gasteiger partial charge is 0.507 e. The Morgan fingerprint density at radius 3 is 2.15 bits per heavy atom. The molecule has 0 saturated heterocycles. The summed E-state index contributed by atoms with van der Waals surface area (Å²) < 4.78 is 5.60. The summed E-state index contributed by atoms with van der Waals surface area (Å²) in [6.45, 7) is 1.36. The van der Waals surface area contributed by atoms with Gasteiger partial charge in [-0.1, -0.05) is 90.0 Å². The van der Waals surface area contributed by atoms with Crippen LogP contribution in [0.2, 0.25) is 0 Å². The smallest absolute Gasteiger partial charge is 0.308 e. The first-order valence-corrected chi connectivity index (χ1v) is 13.0. The number of rotatable bonds is 5. The van der Waals surface area contributed by atoms with Crippen molar-refractivity contribution in [3.8, 4) is 44.9 Å². The Morgan fingerprint density at radius 2 is 1.39 bits per heavy atom. The molecule has 0 amide bonds. The third kappa shape index (κ3) is 4.67. The number of carbonyl (C=O) groups excluding carboxylic acids is 1. The lowest BCUT2D eigenvalue weighted by atomic mass is 9.91. The van der Waals surface area contributed by atoms with Gasteiger partial charge in [-0.25, -0.2) is 0 Å². The van der Waals surface area contributed by atoms with Crippen LogP contribution in [0.15, 0.2) is 114 Å². The number of nitrogens with two attached hydrogens (primary N) is 1. The highest BCUT2D eigenvalue weighted by atomic mass is 16.5. The number of nitrogen functional groups attached to an aromatic ring is 1. The average molecular weight is 537 g/mol. The SMILES string of the molecule is CC(=O)Oc1cc(N)c(-c2ccccc2)c2ccc(-c3cccc(-c4c(N=[N+]=[N-])cc(O)c5ccccc45)c3)cc12. The fourth-order valence-corrected chi connectivity index (χ4v) is 5.39. The van der Waals surface area contributed by atoms with E-state index in [0.29, 0.717) is 22.5 Å². The Hall–Kier alpha value is -5.78. The number of hydrogen-bond acceptors (Lipinski definition) is 5. The maximum absolute atomic E-state index is 12.0. The monoisotopic (exact) mass is 536 g/mol. The number of phenolic OH excluding ortho intramolecular Hbond substituents is 1. The first-order chi connectivity index (χ1) is 19.9. The lowest BCUT2D eigenvalue weighted by Crippen LogP contribution is -2.03. The van der Waals surface area contributed by atoms with Gasteiger partial charge in [-0.2, -0.15) is 0 Å². The number of benzene rings is 6. The summed E-state index contributed by atoms with van der Waals surface area (Å²) in [4.78, 5) is 15.0. The van der Waals surface area contributed by atoms with Gasteiger partial charge in [0, 0.05) is 45.6 Å². The van der Waals surface area contributed by atoms with Crippen LogP contribution in [0.3, 0.4) is 0 Å². The molecule has 6 aromatic carbocycles. The highest BCUT2D eigenvalue weighted by Gasteiger charge is 2.17. The van der Waals surface area contributed by atoms with Gasteiger partial charge >= 0.3 is 5.97 Å². The van der Waals surface area contributed by atoms with E-state index in [9.17, 15) is 15.4 Å². The summed E-state index contributed by atoms with van der Waals surface area (Å²) >= 11 is 0. The van der Waals surface area contributed by atoms with Crippen molar-refractivity contribution in [1.29, 1.82) is 0 Å². The lowest BCUT2D eigenvalue weighted by molar-refractivity contribution is -0.131. The van der Waals surface area contributed by atoms with Crippen molar-refractivity contribution in [3.05, 3.63) is 120 Å². The molecule has 7 nitrogen and oxygen atoms in total. The fourth-order valence-electron chi connectivity index (χ4n) is 5.39. The number of ether oxygens (including phenoxy) is 1. The van der Waals surface area contributed by atoms with Crippen LogP contribution in [0.1, 0.15) is 6.92 Å². The number of anilines is 1. The molecule has 0 atom stereocenters. The third-order valence-corrected chi connectivity index (χ3v) is 7.08. The van der Waals surface area contributed by atoms with Gasteiger partial charge in [-0.15, -0.1) is 0 Å². The Balaban J connectivity index is 1.57. The lowest BCUT2D eigenvalue weighted by Gasteiger charge is -2.16. The number of esters is 1. The molecule has 0 spiro atoms. The molecule has 0 aliphatic carbocycles. The molecule has 0 aliphatic heterocycles. The molecule has 0 unspecified atom stereocenters. The number of hydrogen-bond donors (Lipinski definition) is 2. The molecular formula is C34H24N4O3. The maximum atomic E-state index is 12.0. The Kier molecular flexibility index (Phi) is 6.48. The van der Waals surface area contributed by atoms with Crippen molar-refractivity contribution in [2.45, 2.75) is 6.92 Å². The van der Waals surface area contributed by atoms with Crippen molar-refractivity contribution in [3.63, 3.8) is 0 Å². The van der Waals surface area contributed by atoms with Crippen LogP contribution >= 0.6 is 0 Å². The van der Waals surface area contributed by atoms with Gasteiger partial charge in [-0.3, -0.25) is 4.79 Å². The van der Waals surface area contributed by atoms with E-state index in [0.717, 1.165) is 49.5 Å². The standard InChI is InChI=1S/C34H24N4O3/c1-20(39)41-32-18-29(35)33(21-8-3-2-4-9-21)27-15-14-23(17-28(27)32)22-10-7-11-24(16-22)34-26-13-6-5-12-25(26)31(40)19-30(34)37-38-36/h2-19,40H,35H2,1H3. The Bertz CT molecular complexity index is 2030. The van der Waals surface area contributed by atoms with E-state index in [4.69, 9.17) is 10.5 Å². The van der Waals surface area contributed by atoms with E-state index in [2.05, 4.69) is 10.0 Å². The van der Waals surface area contributed by atoms with Crippen LogP contribution in [-0.4, -0.2) is 11.1 Å². The molecule has 6 rings (SSSR count). The normalized spacial score (nSPS) is 10.9. The summed E-state index contributed by atoms with van der Waals surface area (Å²) in [7, 11) is 0. The van der Waals surface area contributed by atoms with Crippen molar-refractivity contribution in [2.24, 2.45) is 5.11 Å². The van der Waals surface area contributed by atoms with Crippen molar-refractivity contribution >= 4 is 38.9 Å². The van der Waals surface area contributed by atoms with Crippen LogP contribution in [0.25, 0.3) is 65.4 Å². The van der Waals surface area contributed by atoms with Gasteiger partial charge < -0.3 is 15.6 Å². The first-order valence-electron chi connectivity index (χ1n) is 13.0. The third-order valence-electron chi connectivity index (χ3n) is 7.08. The second-order valence-corrected chi connectivity index (χ2v) is 9.66. The molecule has 0 bridgehead atoms. The van der Waals surface area contributed by atoms with Crippen LogP contribution in [0, 0.1) is 0 Å². The molecule has 3 N–H and O–H groups in total. The van der Waals surface area contributed by atoms with Gasteiger partial charge in [-0.05, 0) is 62.3 Å². The molecule has 7 heteroatoms. The van der Waals surface area contributed by atoms with Crippen LogP contribution < -0.4 is 10.5 Å². The molecule has 0 aliphatic rings. The van der Waals surface area contributed by atoms with Crippen molar-refractivity contribution in [2.75, 3.05) is 5.73 Å². The van der Waals surface area contributed by atoms with E-state index < -0.39 is 5.97 Å². The molecular weight excluding hydrogens is 512 g/mol. The van der Waals surface area contributed by atoms with E-state index in [1.54, 1.807) is 6.07 Å². The highest BCUT2D eigenvalue weighted by Crippen LogP contribution is 2.44. The van der Waals surface area contributed by atoms with Crippen molar-refractivity contribution in [1.82, 2.24) is 0 Å². The first kappa shape index (κ1) is 25.5. The maximum Gasteiger partial charge on any atom is 0.308 e. The van der Waals surface area contributed by atoms with E-state index in [1.807, 2.05) is 97.1 Å². The number of aromatic hydroxyl groups is 1. The van der Waals surface area contributed by atoms with Crippen LogP contribution in [0.5, 0.6) is 11.5 Å². The quantitative estimate of drug-likeness (QED) is 0.0569. The number of fused-ring (bicyclic) bond motifs is 2. The van der Waals surface area contributed by atoms with E-state index in [1.165, 1.54) is 13.0 Å². The Morgan fingerprint density at radius 1 is 0.732 bits per heavy atom. The Labute approximate surface area is 235 Å². The van der Waals surface area contributed by atoms with Gasteiger partial charge in [0.25, 0.3) is 0 Å². The second-order valence-electron chi connectivity index (χ2n) is 9.66. The summed E-state index contributed by atoms with van der Waals surface area (Å²) in [5, 5.41) is 17.5. The minimum absolute atomic E-state index is 0.0453. The van der Waals surface area contributed by atoms with Gasteiger partial charge in [0.2, 0.25) is 0 Å². The zero-order valence-corrected chi connectivity index (χ0v) is 22.1. The number of nitrogens with zero attached hydrogens (tertiary/aromatic N) is 3. The summed E-state index contributed by atoms with van der Waals surface area (Å²) in [6.07, 6.45) is 0. The summed E-state index contributed by atoms with van der Waals surface area (Å²) in [6, 6.07) is 34.3.